The monoisotopic (exact) mass is 320 g/mol. The summed E-state index contributed by atoms with van der Waals surface area (Å²) in [5, 5.41) is 3.01. The van der Waals surface area contributed by atoms with Gasteiger partial charge in [0, 0.05) is 30.4 Å². The molecular weight excluding hydrogens is 296 g/mol. The number of amides is 2. The summed E-state index contributed by atoms with van der Waals surface area (Å²) in [4.78, 5) is 40.0. The molecule has 7 nitrogen and oxygen atoms in total. The van der Waals surface area contributed by atoms with Gasteiger partial charge in [-0.2, -0.15) is 0 Å². The molecule has 0 aliphatic carbocycles. The number of nitrogens with two attached hydrogens (primary N) is 1. The van der Waals surface area contributed by atoms with Crippen LogP contribution in [-0.4, -0.2) is 53.2 Å². The number of carbonyl (C=O) groups is 3. The fraction of sp³-hybridized carbons (Fsp3) is 0.562. The van der Waals surface area contributed by atoms with Crippen LogP contribution >= 0.6 is 0 Å². The van der Waals surface area contributed by atoms with Gasteiger partial charge in [-0.25, -0.2) is 0 Å². The molecule has 23 heavy (non-hydrogen) atoms. The van der Waals surface area contributed by atoms with Crippen molar-refractivity contribution in [3.63, 3.8) is 0 Å². The van der Waals surface area contributed by atoms with Crippen LogP contribution in [0.2, 0.25) is 0 Å². The Morgan fingerprint density at radius 1 is 1.26 bits per heavy atom. The SMILES string of the molecule is CC(=O)c1c(C)[nH]c(C(=O)NC2CCN(CC(N)=O)CC2)c1C. The van der Waals surface area contributed by atoms with Gasteiger partial charge in [-0.1, -0.05) is 0 Å². The molecular formula is C16H24N4O3. The number of aryl methyl sites for hydroxylation is 1. The van der Waals surface area contributed by atoms with E-state index >= 15 is 0 Å². The molecule has 0 saturated carbocycles. The van der Waals surface area contributed by atoms with Crippen LogP contribution in [0.25, 0.3) is 0 Å². The number of aromatic nitrogens is 1. The Kier molecular flexibility index (Phi) is 5.20. The second-order valence-electron chi connectivity index (χ2n) is 6.17. The Hall–Kier alpha value is -2.15. The molecule has 2 rings (SSSR count). The molecule has 7 heteroatoms. The molecule has 0 bridgehead atoms. The molecule has 4 N–H and O–H groups in total. The van der Waals surface area contributed by atoms with E-state index in [0.717, 1.165) is 31.6 Å². The Morgan fingerprint density at radius 3 is 2.35 bits per heavy atom. The molecule has 1 aromatic rings. The van der Waals surface area contributed by atoms with Crippen LogP contribution in [-0.2, 0) is 4.79 Å². The van der Waals surface area contributed by atoms with E-state index in [0.29, 0.717) is 16.8 Å². The fourth-order valence-electron chi connectivity index (χ4n) is 3.22. The van der Waals surface area contributed by atoms with Crippen molar-refractivity contribution in [1.29, 1.82) is 0 Å². The zero-order valence-corrected chi connectivity index (χ0v) is 13.9. The first kappa shape index (κ1) is 17.2. The molecule has 0 atom stereocenters. The first-order valence-electron chi connectivity index (χ1n) is 7.81. The fourth-order valence-corrected chi connectivity index (χ4v) is 3.22. The summed E-state index contributed by atoms with van der Waals surface area (Å²) in [6.07, 6.45) is 1.55. The number of likely N-dealkylation sites (tertiary alicyclic amines) is 1. The standard InChI is InChI=1S/C16H24N4O3/c1-9-14(11(3)21)10(2)18-15(9)16(23)19-12-4-6-20(7-5-12)8-13(17)22/h12,18H,4-8H2,1-3H3,(H2,17,22)(H,19,23). The lowest BCUT2D eigenvalue weighted by Gasteiger charge is -2.31. The predicted octanol–water partition coefficient (Wildman–Crippen LogP) is 0.514. The summed E-state index contributed by atoms with van der Waals surface area (Å²) < 4.78 is 0. The van der Waals surface area contributed by atoms with Crippen molar-refractivity contribution in [1.82, 2.24) is 15.2 Å². The van der Waals surface area contributed by atoms with E-state index in [1.54, 1.807) is 13.8 Å². The van der Waals surface area contributed by atoms with Crippen molar-refractivity contribution in [2.75, 3.05) is 19.6 Å². The lowest BCUT2D eigenvalue weighted by Crippen LogP contribution is -2.46. The number of H-pyrrole nitrogens is 1. The third-order valence-corrected chi connectivity index (χ3v) is 4.32. The number of aromatic amines is 1. The van der Waals surface area contributed by atoms with Crippen LogP contribution in [0.3, 0.4) is 0 Å². The van der Waals surface area contributed by atoms with Crippen molar-refractivity contribution in [3.05, 3.63) is 22.5 Å². The third-order valence-electron chi connectivity index (χ3n) is 4.32. The average molecular weight is 320 g/mol. The van der Waals surface area contributed by atoms with E-state index in [1.165, 1.54) is 6.92 Å². The van der Waals surface area contributed by atoms with Crippen molar-refractivity contribution in [3.8, 4) is 0 Å². The topological polar surface area (TPSA) is 108 Å². The number of hydrogen-bond donors (Lipinski definition) is 3. The normalized spacial score (nSPS) is 16.3. The smallest absolute Gasteiger partial charge is 0.268 e. The highest BCUT2D eigenvalue weighted by atomic mass is 16.2. The Morgan fingerprint density at radius 2 is 1.87 bits per heavy atom. The van der Waals surface area contributed by atoms with E-state index < -0.39 is 0 Å². The summed E-state index contributed by atoms with van der Waals surface area (Å²) in [5.74, 6) is -0.566. The van der Waals surface area contributed by atoms with Gasteiger partial charge in [-0.15, -0.1) is 0 Å². The van der Waals surface area contributed by atoms with Crippen LogP contribution in [0.5, 0.6) is 0 Å². The van der Waals surface area contributed by atoms with Crippen molar-refractivity contribution >= 4 is 17.6 Å². The van der Waals surface area contributed by atoms with Gasteiger partial charge in [0.25, 0.3) is 5.91 Å². The van der Waals surface area contributed by atoms with Crippen LogP contribution in [0.1, 0.15) is 51.9 Å². The van der Waals surface area contributed by atoms with Gasteiger partial charge in [0.05, 0.1) is 6.54 Å². The Labute approximate surface area is 135 Å². The number of piperidine rings is 1. The van der Waals surface area contributed by atoms with Gasteiger partial charge in [0.15, 0.2) is 5.78 Å². The lowest BCUT2D eigenvalue weighted by atomic mass is 10.0. The zero-order chi connectivity index (χ0) is 17.1. The number of carbonyl (C=O) groups excluding carboxylic acids is 3. The number of hydrogen-bond acceptors (Lipinski definition) is 4. The summed E-state index contributed by atoms with van der Waals surface area (Å²) in [5.41, 5.74) is 7.64. The molecule has 0 spiro atoms. The first-order chi connectivity index (χ1) is 10.8. The summed E-state index contributed by atoms with van der Waals surface area (Å²) >= 11 is 0. The van der Waals surface area contributed by atoms with Gasteiger partial charge >= 0.3 is 0 Å². The number of ketones is 1. The second kappa shape index (κ2) is 6.95. The minimum Gasteiger partial charge on any atom is -0.369 e. The molecule has 2 heterocycles. The van der Waals surface area contributed by atoms with Crippen molar-refractivity contribution in [2.45, 2.75) is 39.7 Å². The second-order valence-corrected chi connectivity index (χ2v) is 6.17. The largest absolute Gasteiger partial charge is 0.369 e. The highest BCUT2D eigenvalue weighted by molar-refractivity contribution is 6.02. The van der Waals surface area contributed by atoms with Crippen LogP contribution in [0.15, 0.2) is 0 Å². The molecule has 2 amide bonds. The lowest BCUT2D eigenvalue weighted by molar-refractivity contribution is -0.119. The van der Waals surface area contributed by atoms with E-state index in [2.05, 4.69) is 10.3 Å². The predicted molar refractivity (Wildman–Crippen MR) is 86.4 cm³/mol. The maximum atomic E-state index is 12.4. The number of primary amides is 1. The number of Topliss-reactive ketones (excluding diaryl/α,β-unsaturated/α-hetero) is 1. The van der Waals surface area contributed by atoms with Crippen molar-refractivity contribution in [2.24, 2.45) is 5.73 Å². The Bertz CT molecular complexity index is 628. The summed E-state index contributed by atoms with van der Waals surface area (Å²) in [7, 11) is 0. The van der Waals surface area contributed by atoms with Crippen LogP contribution in [0, 0.1) is 13.8 Å². The van der Waals surface area contributed by atoms with Gasteiger partial charge < -0.3 is 16.0 Å². The highest BCUT2D eigenvalue weighted by Gasteiger charge is 2.24. The number of nitrogens with one attached hydrogen (secondary N) is 2. The van der Waals surface area contributed by atoms with Gasteiger partial charge in [-0.3, -0.25) is 19.3 Å². The molecule has 126 valence electrons. The van der Waals surface area contributed by atoms with Gasteiger partial charge in [-0.05, 0) is 39.2 Å². The van der Waals surface area contributed by atoms with E-state index in [1.807, 2.05) is 4.90 Å². The Balaban J connectivity index is 1.97. The molecule has 0 unspecified atom stereocenters. The highest BCUT2D eigenvalue weighted by Crippen LogP contribution is 2.19. The number of nitrogens with zero attached hydrogens (tertiary/aromatic N) is 1. The minimum absolute atomic E-state index is 0.0462. The van der Waals surface area contributed by atoms with Gasteiger partial charge in [0.1, 0.15) is 5.69 Å². The quantitative estimate of drug-likeness (QED) is 0.687. The van der Waals surface area contributed by atoms with E-state index in [4.69, 9.17) is 5.73 Å². The van der Waals surface area contributed by atoms with Crippen molar-refractivity contribution < 1.29 is 14.4 Å². The van der Waals surface area contributed by atoms with E-state index in [9.17, 15) is 14.4 Å². The minimum atomic E-state index is -0.332. The van der Waals surface area contributed by atoms with E-state index in [-0.39, 0.29) is 30.2 Å². The molecule has 1 aromatic heterocycles. The summed E-state index contributed by atoms with van der Waals surface area (Å²) in [6.45, 7) is 6.80. The van der Waals surface area contributed by atoms with Gasteiger partial charge in [0.2, 0.25) is 5.91 Å². The van der Waals surface area contributed by atoms with Crippen LogP contribution < -0.4 is 11.1 Å². The molecule has 1 aliphatic heterocycles. The first-order valence-corrected chi connectivity index (χ1v) is 7.81. The van der Waals surface area contributed by atoms with Crippen LogP contribution in [0.4, 0.5) is 0 Å². The summed E-state index contributed by atoms with van der Waals surface area (Å²) in [6, 6.07) is 0.0652. The molecule has 0 radical (unpaired) electrons. The maximum absolute atomic E-state index is 12.4. The third kappa shape index (κ3) is 3.98. The molecule has 1 fully saturated rings. The average Bonchev–Trinajstić information content (AvgIpc) is 2.75. The molecule has 1 saturated heterocycles. The maximum Gasteiger partial charge on any atom is 0.268 e. The zero-order valence-electron chi connectivity index (χ0n) is 13.9. The molecule has 1 aliphatic rings. The molecule has 0 aromatic carbocycles. The number of rotatable bonds is 5.